The van der Waals surface area contributed by atoms with Crippen LogP contribution in [0.4, 0.5) is 0 Å². The zero-order valence-corrected chi connectivity index (χ0v) is 11.4. The highest BCUT2D eigenvalue weighted by molar-refractivity contribution is 5.87. The average molecular weight is 283 g/mol. The third kappa shape index (κ3) is 2.69. The highest BCUT2D eigenvalue weighted by Gasteiger charge is 2.14. The van der Waals surface area contributed by atoms with Crippen molar-refractivity contribution < 1.29 is 13.9 Å². The maximum Gasteiger partial charge on any atom is 0.356 e. The number of rotatable bonds is 4. The van der Waals surface area contributed by atoms with Gasteiger partial charge in [-0.1, -0.05) is 18.2 Å². The predicted octanol–water partition coefficient (Wildman–Crippen LogP) is 2.91. The molecule has 0 amide bonds. The number of aromatic nitrogens is 3. The molecule has 21 heavy (non-hydrogen) atoms. The Morgan fingerprint density at radius 3 is 2.90 bits per heavy atom. The number of H-pyrrole nitrogens is 1. The lowest BCUT2D eigenvalue weighted by Gasteiger charge is -1.96. The van der Waals surface area contributed by atoms with E-state index in [1.54, 1.807) is 6.92 Å². The molecular weight excluding hydrogens is 270 g/mol. The summed E-state index contributed by atoms with van der Waals surface area (Å²) in [6.45, 7) is 2.06. The van der Waals surface area contributed by atoms with Crippen LogP contribution in [0, 0.1) is 0 Å². The van der Waals surface area contributed by atoms with Crippen LogP contribution in [-0.4, -0.2) is 27.5 Å². The molecule has 0 fully saturated rings. The van der Waals surface area contributed by atoms with Crippen molar-refractivity contribution in [2.45, 2.75) is 6.92 Å². The number of hydrogen-bond donors (Lipinski definition) is 1. The van der Waals surface area contributed by atoms with E-state index >= 15 is 0 Å². The molecule has 0 atom stereocenters. The number of ether oxygens (including phenoxy) is 1. The fraction of sp³-hybridized carbons (Fsp3) is 0.133. The summed E-state index contributed by atoms with van der Waals surface area (Å²) in [6.07, 6.45) is 2.92. The van der Waals surface area contributed by atoms with Gasteiger partial charge in [0.1, 0.15) is 17.7 Å². The third-order valence-corrected chi connectivity index (χ3v) is 2.84. The zero-order valence-electron chi connectivity index (χ0n) is 11.4. The molecule has 1 N–H and O–H groups in total. The van der Waals surface area contributed by atoms with E-state index in [0.29, 0.717) is 24.0 Å². The Morgan fingerprint density at radius 1 is 1.33 bits per heavy atom. The summed E-state index contributed by atoms with van der Waals surface area (Å²) in [4.78, 5) is 22.9. The van der Waals surface area contributed by atoms with Crippen LogP contribution in [0.25, 0.3) is 23.0 Å². The molecule has 0 unspecified atom stereocenters. The van der Waals surface area contributed by atoms with E-state index < -0.39 is 5.97 Å². The number of carbonyl (C=O) groups is 1. The monoisotopic (exact) mass is 283 g/mol. The minimum atomic E-state index is -0.442. The normalized spacial score (nSPS) is 10.5. The highest BCUT2D eigenvalue weighted by atomic mass is 16.5. The van der Waals surface area contributed by atoms with Gasteiger partial charge in [-0.3, -0.25) is 0 Å². The van der Waals surface area contributed by atoms with Crippen LogP contribution in [0.5, 0.6) is 0 Å². The first-order valence-electron chi connectivity index (χ1n) is 6.51. The number of benzene rings is 1. The second kappa shape index (κ2) is 5.62. The topological polar surface area (TPSA) is 81.0 Å². The summed E-state index contributed by atoms with van der Waals surface area (Å²) >= 11 is 0. The summed E-state index contributed by atoms with van der Waals surface area (Å²) in [5.41, 5.74) is 1.70. The van der Waals surface area contributed by atoms with Crippen LogP contribution in [0.2, 0.25) is 0 Å². The molecule has 0 spiro atoms. The first kappa shape index (κ1) is 13.1. The zero-order chi connectivity index (χ0) is 14.7. The Bertz CT molecular complexity index is 746. The minimum absolute atomic E-state index is 0.288. The molecule has 0 saturated heterocycles. The first-order valence-corrected chi connectivity index (χ1v) is 6.51. The molecule has 6 heteroatoms. The number of hydrogen-bond acceptors (Lipinski definition) is 5. The minimum Gasteiger partial charge on any atom is -0.461 e. The Morgan fingerprint density at radius 2 is 2.14 bits per heavy atom. The molecule has 1 aromatic carbocycles. The van der Waals surface area contributed by atoms with Crippen molar-refractivity contribution in [3.05, 3.63) is 48.5 Å². The van der Waals surface area contributed by atoms with E-state index in [9.17, 15) is 4.79 Å². The fourth-order valence-corrected chi connectivity index (χ4v) is 1.86. The summed E-state index contributed by atoms with van der Waals surface area (Å²) in [5.74, 6) is 0.520. The average Bonchev–Trinajstić information content (AvgIpc) is 3.17. The van der Waals surface area contributed by atoms with Crippen LogP contribution < -0.4 is 0 Å². The highest BCUT2D eigenvalue weighted by Crippen LogP contribution is 2.22. The second-order valence-electron chi connectivity index (χ2n) is 4.27. The van der Waals surface area contributed by atoms with E-state index in [4.69, 9.17) is 9.15 Å². The molecule has 3 rings (SSSR count). The van der Waals surface area contributed by atoms with Gasteiger partial charge in [0.2, 0.25) is 5.89 Å². The van der Waals surface area contributed by atoms with Gasteiger partial charge in [-0.05, 0) is 19.1 Å². The van der Waals surface area contributed by atoms with Crippen molar-refractivity contribution in [2.75, 3.05) is 6.61 Å². The van der Waals surface area contributed by atoms with Crippen molar-refractivity contribution >= 4 is 5.97 Å². The van der Waals surface area contributed by atoms with Gasteiger partial charge in [-0.25, -0.2) is 14.8 Å². The van der Waals surface area contributed by atoms with Crippen molar-refractivity contribution in [2.24, 2.45) is 0 Å². The van der Waals surface area contributed by atoms with E-state index in [2.05, 4.69) is 15.0 Å². The fourth-order valence-electron chi connectivity index (χ4n) is 1.86. The van der Waals surface area contributed by atoms with Gasteiger partial charge >= 0.3 is 5.97 Å². The molecule has 2 aromatic heterocycles. The lowest BCUT2D eigenvalue weighted by Crippen LogP contribution is -2.04. The molecule has 0 aliphatic rings. The van der Waals surface area contributed by atoms with E-state index in [1.807, 2.05) is 30.3 Å². The standard InChI is InChI=1S/C15H13N3O3/c1-2-20-15(19)11-8-16-13(17-11)12-9-21-14(18-12)10-6-4-3-5-7-10/h3-9H,2H2,1H3,(H,16,17). The number of nitrogens with one attached hydrogen (secondary N) is 1. The molecule has 3 aromatic rings. The first-order chi connectivity index (χ1) is 10.3. The van der Waals surface area contributed by atoms with Gasteiger partial charge < -0.3 is 14.1 Å². The predicted molar refractivity (Wildman–Crippen MR) is 75.5 cm³/mol. The Labute approximate surface area is 120 Å². The molecule has 0 bridgehead atoms. The molecular formula is C15H13N3O3. The van der Waals surface area contributed by atoms with Crippen LogP contribution in [0.3, 0.4) is 0 Å². The number of imidazole rings is 1. The second-order valence-corrected chi connectivity index (χ2v) is 4.27. The number of oxazole rings is 1. The van der Waals surface area contributed by atoms with E-state index in [-0.39, 0.29) is 5.69 Å². The molecule has 0 aliphatic heterocycles. The smallest absolute Gasteiger partial charge is 0.356 e. The van der Waals surface area contributed by atoms with E-state index in [1.165, 1.54) is 12.5 Å². The summed E-state index contributed by atoms with van der Waals surface area (Å²) in [6, 6.07) is 9.55. The lowest BCUT2D eigenvalue weighted by atomic mass is 10.2. The lowest BCUT2D eigenvalue weighted by molar-refractivity contribution is 0.0520. The SMILES string of the molecule is CCOC(=O)c1cnc(-c2coc(-c3ccccc3)n2)[nH]1. The van der Waals surface area contributed by atoms with Crippen molar-refractivity contribution in [3.8, 4) is 23.0 Å². The number of carbonyl (C=O) groups excluding carboxylic acids is 1. The summed E-state index contributed by atoms with van der Waals surface area (Å²) in [7, 11) is 0. The van der Waals surface area contributed by atoms with Gasteiger partial charge in [0.15, 0.2) is 5.82 Å². The van der Waals surface area contributed by atoms with Gasteiger partial charge in [0.05, 0.1) is 12.8 Å². The maximum absolute atomic E-state index is 11.6. The molecule has 0 aliphatic carbocycles. The molecule has 6 nitrogen and oxygen atoms in total. The van der Waals surface area contributed by atoms with Gasteiger partial charge in [-0.2, -0.15) is 0 Å². The largest absolute Gasteiger partial charge is 0.461 e. The van der Waals surface area contributed by atoms with Crippen LogP contribution >= 0.6 is 0 Å². The Kier molecular flexibility index (Phi) is 3.51. The van der Waals surface area contributed by atoms with Crippen LogP contribution in [0.15, 0.2) is 47.2 Å². The quantitative estimate of drug-likeness (QED) is 0.744. The van der Waals surface area contributed by atoms with Gasteiger partial charge in [-0.15, -0.1) is 0 Å². The molecule has 2 heterocycles. The number of esters is 1. The summed E-state index contributed by atoms with van der Waals surface area (Å²) in [5, 5.41) is 0. The Balaban J connectivity index is 1.85. The maximum atomic E-state index is 11.6. The summed E-state index contributed by atoms with van der Waals surface area (Å²) < 4.78 is 10.3. The molecule has 0 saturated carbocycles. The molecule has 106 valence electrons. The molecule has 0 radical (unpaired) electrons. The van der Waals surface area contributed by atoms with Gasteiger partial charge in [0.25, 0.3) is 0 Å². The number of nitrogens with zero attached hydrogens (tertiary/aromatic N) is 2. The Hall–Kier alpha value is -2.89. The van der Waals surface area contributed by atoms with Crippen molar-refractivity contribution in [3.63, 3.8) is 0 Å². The van der Waals surface area contributed by atoms with Crippen molar-refractivity contribution in [1.29, 1.82) is 0 Å². The van der Waals surface area contributed by atoms with Crippen LogP contribution in [-0.2, 0) is 4.74 Å². The third-order valence-electron chi connectivity index (χ3n) is 2.84. The van der Waals surface area contributed by atoms with Crippen molar-refractivity contribution in [1.82, 2.24) is 15.0 Å². The van der Waals surface area contributed by atoms with E-state index in [0.717, 1.165) is 5.56 Å². The number of aromatic amines is 1. The van der Waals surface area contributed by atoms with Gasteiger partial charge in [0, 0.05) is 5.56 Å². The van der Waals surface area contributed by atoms with Crippen LogP contribution in [0.1, 0.15) is 17.4 Å².